The Labute approximate surface area is 146 Å². The predicted octanol–water partition coefficient (Wildman–Crippen LogP) is 5.09. The summed E-state index contributed by atoms with van der Waals surface area (Å²) < 4.78 is 0. The van der Waals surface area contributed by atoms with E-state index >= 15 is 0 Å². The molecular weight excluding hydrogens is 296 g/mol. The lowest BCUT2D eigenvalue weighted by Crippen LogP contribution is -2.25. The molecule has 0 spiro atoms. The third-order valence-electron chi connectivity index (χ3n) is 4.18. The molecule has 0 aliphatic heterocycles. The lowest BCUT2D eigenvalue weighted by molar-refractivity contribution is 0.678. The lowest BCUT2D eigenvalue weighted by Gasteiger charge is -2.25. The SMILES string of the molecule is CCCCN(CCCC)c1ccc(-c2cc(N)ccc2N)cc1.N. The topological polar surface area (TPSA) is 90.3 Å². The van der Waals surface area contributed by atoms with Gasteiger partial charge < -0.3 is 22.5 Å². The molecule has 2 rings (SSSR count). The first kappa shape index (κ1) is 19.8. The maximum absolute atomic E-state index is 6.08. The van der Waals surface area contributed by atoms with E-state index in [9.17, 15) is 0 Å². The molecule has 0 radical (unpaired) electrons. The van der Waals surface area contributed by atoms with Crippen LogP contribution in [-0.2, 0) is 0 Å². The first-order valence-corrected chi connectivity index (χ1v) is 8.66. The second-order valence-electron chi connectivity index (χ2n) is 6.09. The molecule has 0 aliphatic carbocycles. The van der Waals surface area contributed by atoms with Crippen LogP contribution in [0.4, 0.5) is 17.1 Å². The third kappa shape index (κ3) is 5.17. The first-order valence-electron chi connectivity index (χ1n) is 8.66. The fourth-order valence-corrected chi connectivity index (χ4v) is 2.74. The number of nitrogen functional groups attached to an aromatic ring is 2. The smallest absolute Gasteiger partial charge is 0.0395 e. The summed E-state index contributed by atoms with van der Waals surface area (Å²) >= 11 is 0. The molecule has 0 atom stereocenters. The van der Waals surface area contributed by atoms with E-state index in [1.165, 1.54) is 31.4 Å². The van der Waals surface area contributed by atoms with Crippen molar-refractivity contribution in [2.75, 3.05) is 29.5 Å². The molecule has 0 saturated heterocycles. The van der Waals surface area contributed by atoms with E-state index in [-0.39, 0.29) is 6.15 Å². The summed E-state index contributed by atoms with van der Waals surface area (Å²) in [7, 11) is 0. The van der Waals surface area contributed by atoms with Crippen LogP contribution in [0.15, 0.2) is 42.5 Å². The number of rotatable bonds is 8. The molecule has 2 aromatic carbocycles. The van der Waals surface area contributed by atoms with Gasteiger partial charge in [0.2, 0.25) is 0 Å². The number of unbranched alkanes of at least 4 members (excludes halogenated alkanes) is 2. The van der Waals surface area contributed by atoms with Gasteiger partial charge in [-0.05, 0) is 48.7 Å². The van der Waals surface area contributed by atoms with Crippen molar-refractivity contribution in [2.45, 2.75) is 39.5 Å². The van der Waals surface area contributed by atoms with E-state index in [1.54, 1.807) is 0 Å². The van der Waals surface area contributed by atoms with Gasteiger partial charge in [-0.25, -0.2) is 0 Å². The van der Waals surface area contributed by atoms with E-state index in [2.05, 4.69) is 43.0 Å². The van der Waals surface area contributed by atoms with Gasteiger partial charge in [0.25, 0.3) is 0 Å². The lowest BCUT2D eigenvalue weighted by atomic mass is 10.0. The number of nitrogens with zero attached hydrogens (tertiary/aromatic N) is 1. The Morgan fingerprint density at radius 3 is 1.96 bits per heavy atom. The maximum Gasteiger partial charge on any atom is 0.0395 e. The number of hydrogen-bond donors (Lipinski definition) is 3. The normalized spacial score (nSPS) is 10.2. The molecule has 0 heterocycles. The zero-order valence-electron chi connectivity index (χ0n) is 15.1. The number of benzene rings is 2. The fraction of sp³-hybridized carbons (Fsp3) is 0.400. The van der Waals surface area contributed by atoms with Crippen LogP contribution in [0.2, 0.25) is 0 Å². The molecule has 0 aliphatic rings. The molecular formula is C20H32N4. The molecule has 0 unspecified atom stereocenters. The summed E-state index contributed by atoms with van der Waals surface area (Å²) in [5.74, 6) is 0. The highest BCUT2D eigenvalue weighted by Gasteiger charge is 2.08. The van der Waals surface area contributed by atoms with Gasteiger partial charge in [-0.15, -0.1) is 0 Å². The van der Waals surface area contributed by atoms with Crippen molar-refractivity contribution in [1.29, 1.82) is 0 Å². The van der Waals surface area contributed by atoms with Crippen LogP contribution in [0.5, 0.6) is 0 Å². The monoisotopic (exact) mass is 328 g/mol. The van der Waals surface area contributed by atoms with Crippen molar-refractivity contribution >= 4 is 17.1 Å². The van der Waals surface area contributed by atoms with E-state index in [1.807, 2.05) is 18.2 Å². The van der Waals surface area contributed by atoms with Crippen molar-refractivity contribution in [3.05, 3.63) is 42.5 Å². The minimum Gasteiger partial charge on any atom is -0.399 e. The predicted molar refractivity (Wildman–Crippen MR) is 108 cm³/mol. The van der Waals surface area contributed by atoms with Gasteiger partial charge in [-0.3, -0.25) is 0 Å². The third-order valence-corrected chi connectivity index (χ3v) is 4.18. The molecule has 0 bridgehead atoms. The molecule has 2 aromatic rings. The Hall–Kier alpha value is -2.20. The Morgan fingerprint density at radius 2 is 1.42 bits per heavy atom. The minimum atomic E-state index is 0. The second kappa shape index (κ2) is 9.83. The number of anilines is 3. The molecule has 4 heteroatoms. The Balaban J connectivity index is 0.00000288. The van der Waals surface area contributed by atoms with Gasteiger partial charge in [0.1, 0.15) is 0 Å². The van der Waals surface area contributed by atoms with E-state index in [0.717, 1.165) is 35.6 Å². The summed E-state index contributed by atoms with van der Waals surface area (Å²) in [6.45, 7) is 6.72. The zero-order valence-corrected chi connectivity index (χ0v) is 15.1. The fourth-order valence-electron chi connectivity index (χ4n) is 2.74. The van der Waals surface area contributed by atoms with Gasteiger partial charge >= 0.3 is 0 Å². The highest BCUT2D eigenvalue weighted by Crippen LogP contribution is 2.29. The standard InChI is InChI=1S/C20H29N3.H3N/c1-3-5-13-23(14-6-4-2)18-10-7-16(8-11-18)19-15-17(21)9-12-20(19)22;/h7-12,15H,3-6,13-14,21-22H2,1-2H3;1H3. The van der Waals surface area contributed by atoms with Crippen LogP contribution < -0.4 is 22.5 Å². The van der Waals surface area contributed by atoms with Crippen LogP contribution in [0, 0.1) is 0 Å². The summed E-state index contributed by atoms with van der Waals surface area (Å²) in [6.07, 6.45) is 4.91. The molecule has 0 saturated carbocycles. The molecule has 4 nitrogen and oxygen atoms in total. The number of hydrogen-bond acceptors (Lipinski definition) is 4. The van der Waals surface area contributed by atoms with Crippen LogP contribution in [0.1, 0.15) is 39.5 Å². The average Bonchev–Trinajstić information content (AvgIpc) is 2.57. The van der Waals surface area contributed by atoms with Gasteiger partial charge in [-0.2, -0.15) is 0 Å². The number of nitrogens with two attached hydrogens (primary N) is 2. The Bertz CT molecular complexity index is 600. The van der Waals surface area contributed by atoms with Gasteiger partial charge in [-0.1, -0.05) is 38.8 Å². The van der Waals surface area contributed by atoms with Crippen LogP contribution in [-0.4, -0.2) is 13.1 Å². The molecule has 7 N–H and O–H groups in total. The van der Waals surface area contributed by atoms with Crippen LogP contribution in [0.25, 0.3) is 11.1 Å². The summed E-state index contributed by atoms with van der Waals surface area (Å²) in [5.41, 5.74) is 16.9. The van der Waals surface area contributed by atoms with E-state index in [0.29, 0.717) is 0 Å². The van der Waals surface area contributed by atoms with Crippen molar-refractivity contribution in [3.63, 3.8) is 0 Å². The summed E-state index contributed by atoms with van der Waals surface area (Å²) in [4.78, 5) is 2.49. The second-order valence-corrected chi connectivity index (χ2v) is 6.09. The molecule has 24 heavy (non-hydrogen) atoms. The van der Waals surface area contributed by atoms with E-state index < -0.39 is 0 Å². The highest BCUT2D eigenvalue weighted by atomic mass is 15.1. The van der Waals surface area contributed by atoms with Crippen molar-refractivity contribution < 1.29 is 0 Å². The van der Waals surface area contributed by atoms with Crippen LogP contribution >= 0.6 is 0 Å². The Morgan fingerprint density at radius 1 is 0.833 bits per heavy atom. The van der Waals surface area contributed by atoms with Crippen molar-refractivity contribution in [2.24, 2.45) is 0 Å². The van der Waals surface area contributed by atoms with Gasteiger partial charge in [0.15, 0.2) is 0 Å². The van der Waals surface area contributed by atoms with E-state index in [4.69, 9.17) is 11.5 Å². The van der Waals surface area contributed by atoms with Crippen LogP contribution in [0.3, 0.4) is 0 Å². The zero-order chi connectivity index (χ0) is 16.7. The highest BCUT2D eigenvalue weighted by molar-refractivity contribution is 5.80. The molecule has 0 fully saturated rings. The average molecular weight is 329 g/mol. The maximum atomic E-state index is 6.08. The first-order chi connectivity index (χ1) is 11.2. The Kier molecular flexibility index (Phi) is 8.13. The van der Waals surface area contributed by atoms with Crippen molar-refractivity contribution in [3.8, 4) is 11.1 Å². The largest absolute Gasteiger partial charge is 0.399 e. The molecule has 132 valence electrons. The minimum absolute atomic E-state index is 0. The summed E-state index contributed by atoms with van der Waals surface area (Å²) in [5, 5.41) is 0. The molecule has 0 amide bonds. The molecule has 0 aromatic heterocycles. The van der Waals surface area contributed by atoms with Gasteiger partial charge in [0.05, 0.1) is 0 Å². The quantitative estimate of drug-likeness (QED) is 0.589. The summed E-state index contributed by atoms with van der Waals surface area (Å²) in [6, 6.07) is 14.3. The van der Waals surface area contributed by atoms with Crippen molar-refractivity contribution in [1.82, 2.24) is 6.15 Å². The van der Waals surface area contributed by atoms with Gasteiger partial charge in [0, 0.05) is 35.7 Å².